The van der Waals surface area contributed by atoms with E-state index in [1.54, 1.807) is 0 Å². The zero-order valence-corrected chi connectivity index (χ0v) is 12.4. The predicted octanol–water partition coefficient (Wildman–Crippen LogP) is 2.83. The number of benzene rings is 1. The van der Waals surface area contributed by atoms with E-state index in [0.29, 0.717) is 5.92 Å². The Morgan fingerprint density at radius 3 is 2.86 bits per heavy atom. The molecule has 0 radical (unpaired) electrons. The van der Waals surface area contributed by atoms with Gasteiger partial charge in [-0.05, 0) is 30.9 Å². The van der Waals surface area contributed by atoms with Gasteiger partial charge in [-0.1, -0.05) is 19.8 Å². The first-order valence-corrected chi connectivity index (χ1v) is 7.36. The summed E-state index contributed by atoms with van der Waals surface area (Å²) in [5.41, 5.74) is -0.186. The third-order valence-corrected chi connectivity index (χ3v) is 3.92. The standard InChI is InChI=1S/C15H20N2O5/c1-10-4-2-3-5-14(10)22-9-15(19)16-11-6-7-13(18)12(8-11)17(20)21/h6-8,10,14,18H,2-5,9H2,1H3,(H,16,19)/t10-,14+/m0/s1. The van der Waals surface area contributed by atoms with E-state index in [4.69, 9.17) is 4.74 Å². The number of phenols is 1. The maximum Gasteiger partial charge on any atom is 0.312 e. The predicted molar refractivity (Wildman–Crippen MR) is 80.8 cm³/mol. The molecule has 1 amide bonds. The van der Waals surface area contributed by atoms with Gasteiger partial charge in [0.25, 0.3) is 0 Å². The van der Waals surface area contributed by atoms with Crippen molar-refractivity contribution in [2.24, 2.45) is 5.92 Å². The molecule has 1 saturated carbocycles. The summed E-state index contributed by atoms with van der Waals surface area (Å²) < 4.78 is 5.64. The van der Waals surface area contributed by atoms with E-state index in [9.17, 15) is 20.0 Å². The molecule has 120 valence electrons. The van der Waals surface area contributed by atoms with Gasteiger partial charge in [-0.15, -0.1) is 0 Å². The molecule has 1 fully saturated rings. The van der Waals surface area contributed by atoms with Crippen LogP contribution in [0.4, 0.5) is 11.4 Å². The normalized spacial score (nSPS) is 21.3. The molecule has 2 N–H and O–H groups in total. The minimum atomic E-state index is -0.703. The molecule has 1 aliphatic rings. The Morgan fingerprint density at radius 1 is 1.45 bits per heavy atom. The monoisotopic (exact) mass is 308 g/mol. The topological polar surface area (TPSA) is 102 Å². The highest BCUT2D eigenvalue weighted by molar-refractivity contribution is 5.92. The molecule has 2 rings (SSSR count). The molecular weight excluding hydrogens is 288 g/mol. The summed E-state index contributed by atoms with van der Waals surface area (Å²) in [7, 11) is 0. The molecule has 0 spiro atoms. The van der Waals surface area contributed by atoms with E-state index in [-0.39, 0.29) is 24.3 Å². The van der Waals surface area contributed by atoms with Crippen molar-refractivity contribution in [3.05, 3.63) is 28.3 Å². The average molecular weight is 308 g/mol. The van der Waals surface area contributed by atoms with Gasteiger partial charge in [-0.2, -0.15) is 0 Å². The molecule has 7 nitrogen and oxygen atoms in total. The molecule has 7 heteroatoms. The van der Waals surface area contributed by atoms with Crippen LogP contribution in [0.1, 0.15) is 32.6 Å². The number of rotatable bonds is 5. The van der Waals surface area contributed by atoms with Crippen molar-refractivity contribution >= 4 is 17.3 Å². The lowest BCUT2D eigenvalue weighted by atomic mass is 9.88. The Kier molecular flexibility index (Phi) is 5.32. The van der Waals surface area contributed by atoms with Crippen LogP contribution in [0.3, 0.4) is 0 Å². The van der Waals surface area contributed by atoms with Crippen LogP contribution in [0.5, 0.6) is 5.75 Å². The van der Waals surface area contributed by atoms with Gasteiger partial charge in [0, 0.05) is 11.8 Å². The van der Waals surface area contributed by atoms with Crippen molar-refractivity contribution in [3.63, 3.8) is 0 Å². The number of ether oxygens (including phenoxy) is 1. The summed E-state index contributed by atoms with van der Waals surface area (Å²) in [5.74, 6) is -0.357. The van der Waals surface area contributed by atoms with Crippen molar-refractivity contribution in [3.8, 4) is 5.75 Å². The number of hydrogen-bond donors (Lipinski definition) is 2. The minimum absolute atomic E-state index is 0.0797. The lowest BCUT2D eigenvalue weighted by molar-refractivity contribution is -0.385. The number of nitro groups is 1. The number of nitro benzene ring substituents is 1. The molecule has 0 bridgehead atoms. The van der Waals surface area contributed by atoms with Gasteiger partial charge in [0.15, 0.2) is 5.75 Å². The van der Waals surface area contributed by atoms with Gasteiger partial charge in [-0.25, -0.2) is 0 Å². The first kappa shape index (κ1) is 16.2. The van der Waals surface area contributed by atoms with Crippen molar-refractivity contribution in [1.82, 2.24) is 0 Å². The lowest BCUT2D eigenvalue weighted by Gasteiger charge is -2.28. The van der Waals surface area contributed by atoms with E-state index in [0.717, 1.165) is 25.3 Å². The largest absolute Gasteiger partial charge is 0.502 e. The van der Waals surface area contributed by atoms with Crippen molar-refractivity contribution in [1.29, 1.82) is 0 Å². The number of carbonyl (C=O) groups is 1. The zero-order valence-electron chi connectivity index (χ0n) is 12.4. The number of hydrogen-bond acceptors (Lipinski definition) is 5. The zero-order chi connectivity index (χ0) is 16.1. The summed E-state index contributed by atoms with van der Waals surface area (Å²) in [5, 5.41) is 22.6. The quantitative estimate of drug-likeness (QED) is 0.495. The molecule has 0 aromatic heterocycles. The molecule has 1 aliphatic carbocycles. The molecule has 0 heterocycles. The van der Waals surface area contributed by atoms with Gasteiger partial charge < -0.3 is 15.2 Å². The van der Waals surface area contributed by atoms with E-state index < -0.39 is 16.4 Å². The maximum atomic E-state index is 11.9. The molecule has 22 heavy (non-hydrogen) atoms. The SMILES string of the molecule is C[C@H]1CCCC[C@H]1OCC(=O)Nc1ccc(O)c([N+](=O)[O-])c1. The molecule has 0 unspecified atom stereocenters. The Bertz CT molecular complexity index is 561. The molecular formula is C15H20N2O5. The number of aromatic hydroxyl groups is 1. The van der Waals surface area contributed by atoms with Gasteiger partial charge in [0.05, 0.1) is 11.0 Å². The van der Waals surface area contributed by atoms with E-state index in [1.165, 1.54) is 18.6 Å². The second kappa shape index (κ2) is 7.22. The highest BCUT2D eigenvalue weighted by atomic mass is 16.6. The summed E-state index contributed by atoms with van der Waals surface area (Å²) in [4.78, 5) is 21.9. The fourth-order valence-electron chi connectivity index (χ4n) is 2.66. The lowest BCUT2D eigenvalue weighted by Crippen LogP contribution is -2.29. The third-order valence-electron chi connectivity index (χ3n) is 3.92. The molecule has 0 saturated heterocycles. The second-order valence-corrected chi connectivity index (χ2v) is 5.62. The third kappa shape index (κ3) is 4.17. The van der Waals surface area contributed by atoms with Gasteiger partial charge in [0.2, 0.25) is 5.91 Å². The number of nitrogens with zero attached hydrogens (tertiary/aromatic N) is 1. The van der Waals surface area contributed by atoms with E-state index in [2.05, 4.69) is 12.2 Å². The van der Waals surface area contributed by atoms with Crippen LogP contribution in [0.15, 0.2) is 18.2 Å². The summed E-state index contributed by atoms with van der Waals surface area (Å²) in [6.07, 6.45) is 4.47. The maximum absolute atomic E-state index is 11.9. The molecule has 1 aromatic carbocycles. The van der Waals surface area contributed by atoms with Crippen molar-refractivity contribution < 1.29 is 19.6 Å². The number of anilines is 1. The second-order valence-electron chi connectivity index (χ2n) is 5.62. The van der Waals surface area contributed by atoms with Crippen molar-refractivity contribution in [2.75, 3.05) is 11.9 Å². The fourth-order valence-corrected chi connectivity index (χ4v) is 2.66. The highest BCUT2D eigenvalue weighted by Crippen LogP contribution is 2.29. The number of amides is 1. The van der Waals surface area contributed by atoms with Crippen LogP contribution in [0, 0.1) is 16.0 Å². The summed E-state index contributed by atoms with van der Waals surface area (Å²) in [6.45, 7) is 2.04. The van der Waals surface area contributed by atoms with Crippen LogP contribution >= 0.6 is 0 Å². The van der Waals surface area contributed by atoms with Crippen LogP contribution in [0.2, 0.25) is 0 Å². The fraction of sp³-hybridized carbons (Fsp3) is 0.533. The molecule has 0 aliphatic heterocycles. The van der Waals surface area contributed by atoms with Gasteiger partial charge in [-0.3, -0.25) is 14.9 Å². The van der Waals surface area contributed by atoms with Crippen LogP contribution in [-0.2, 0) is 9.53 Å². The Labute approximate surface area is 128 Å². The Morgan fingerprint density at radius 2 is 2.18 bits per heavy atom. The Balaban J connectivity index is 1.89. The van der Waals surface area contributed by atoms with Crippen LogP contribution in [-0.4, -0.2) is 28.6 Å². The van der Waals surface area contributed by atoms with E-state index >= 15 is 0 Å². The van der Waals surface area contributed by atoms with Crippen LogP contribution in [0.25, 0.3) is 0 Å². The first-order valence-electron chi connectivity index (χ1n) is 7.36. The first-order chi connectivity index (χ1) is 10.5. The number of nitrogens with one attached hydrogen (secondary N) is 1. The number of carbonyl (C=O) groups excluding carboxylic acids is 1. The van der Waals surface area contributed by atoms with Crippen LogP contribution < -0.4 is 5.32 Å². The number of phenolic OH excluding ortho intramolecular Hbond substituents is 1. The molecule has 1 aromatic rings. The smallest absolute Gasteiger partial charge is 0.312 e. The average Bonchev–Trinajstić information content (AvgIpc) is 2.48. The highest BCUT2D eigenvalue weighted by Gasteiger charge is 2.22. The minimum Gasteiger partial charge on any atom is -0.502 e. The van der Waals surface area contributed by atoms with Crippen molar-refractivity contribution in [2.45, 2.75) is 38.7 Å². The van der Waals surface area contributed by atoms with E-state index in [1.807, 2.05) is 0 Å². The van der Waals surface area contributed by atoms with Gasteiger partial charge >= 0.3 is 5.69 Å². The molecule has 2 atom stereocenters. The van der Waals surface area contributed by atoms with Gasteiger partial charge in [0.1, 0.15) is 6.61 Å². The summed E-state index contributed by atoms with van der Waals surface area (Å²) in [6, 6.07) is 3.71. The Hall–Kier alpha value is -2.15. The summed E-state index contributed by atoms with van der Waals surface area (Å²) >= 11 is 0.